The van der Waals surface area contributed by atoms with E-state index in [2.05, 4.69) is 9.68 Å². The molecule has 1 aromatic carbocycles. The number of nitrogens with zero attached hydrogens (tertiary/aromatic N) is 1. The van der Waals surface area contributed by atoms with Gasteiger partial charge in [-0.25, -0.2) is 8.78 Å². The Morgan fingerprint density at radius 3 is 2.56 bits per heavy atom. The van der Waals surface area contributed by atoms with Crippen LogP contribution in [-0.4, -0.2) is 11.1 Å². The Morgan fingerprint density at radius 1 is 1.22 bits per heavy atom. The molecule has 0 amide bonds. The second-order valence-corrected chi connectivity index (χ2v) is 4.44. The van der Waals surface area contributed by atoms with E-state index in [1.54, 1.807) is 6.92 Å². The molecule has 1 aromatic heterocycles. The Labute approximate surface area is 105 Å². The zero-order valence-corrected chi connectivity index (χ0v) is 10.2. The highest BCUT2D eigenvalue weighted by Crippen LogP contribution is 2.26. The summed E-state index contributed by atoms with van der Waals surface area (Å²) in [4.78, 5) is 0. The zero-order chi connectivity index (χ0) is 13.0. The van der Waals surface area contributed by atoms with Gasteiger partial charge in [0.05, 0.1) is 5.69 Å². The Bertz CT molecular complexity index is 494. The van der Waals surface area contributed by atoms with Crippen LogP contribution in [0.3, 0.4) is 0 Å². The molecule has 0 saturated heterocycles. The third-order valence-electron chi connectivity index (χ3n) is 2.92. The number of alkyl halides is 2. The van der Waals surface area contributed by atoms with Crippen molar-refractivity contribution in [3.05, 3.63) is 53.4 Å². The summed E-state index contributed by atoms with van der Waals surface area (Å²) in [7, 11) is 0. The number of rotatable bonds is 5. The van der Waals surface area contributed by atoms with Gasteiger partial charge in [0.25, 0.3) is 5.92 Å². The van der Waals surface area contributed by atoms with E-state index < -0.39 is 5.92 Å². The summed E-state index contributed by atoms with van der Waals surface area (Å²) in [6.45, 7) is 1.67. The molecule has 0 radical (unpaired) electrons. The van der Waals surface area contributed by atoms with E-state index >= 15 is 0 Å². The van der Waals surface area contributed by atoms with Gasteiger partial charge in [-0.3, -0.25) is 0 Å². The Morgan fingerprint density at radius 2 is 1.94 bits per heavy atom. The van der Waals surface area contributed by atoms with Crippen molar-refractivity contribution in [3.8, 4) is 0 Å². The topological polar surface area (TPSA) is 26.0 Å². The van der Waals surface area contributed by atoms with Gasteiger partial charge in [0.2, 0.25) is 0 Å². The first-order valence-electron chi connectivity index (χ1n) is 5.88. The molecule has 0 aliphatic heterocycles. The third-order valence-corrected chi connectivity index (χ3v) is 2.92. The summed E-state index contributed by atoms with van der Waals surface area (Å²) in [5.74, 6) is -2.73. The minimum atomic E-state index is -2.73. The van der Waals surface area contributed by atoms with Crippen molar-refractivity contribution >= 4 is 0 Å². The summed E-state index contributed by atoms with van der Waals surface area (Å²) in [5, 5.41) is 3.61. The number of benzene rings is 1. The predicted molar refractivity (Wildman–Crippen MR) is 64.7 cm³/mol. The van der Waals surface area contributed by atoms with Crippen molar-refractivity contribution in [3.63, 3.8) is 0 Å². The molecule has 0 atom stereocenters. The largest absolute Gasteiger partial charge is 0.364 e. The number of hydrogen-bond acceptors (Lipinski definition) is 2. The quantitative estimate of drug-likeness (QED) is 0.808. The van der Waals surface area contributed by atoms with Crippen molar-refractivity contribution in [1.82, 2.24) is 5.16 Å². The van der Waals surface area contributed by atoms with E-state index in [4.69, 9.17) is 0 Å². The van der Waals surface area contributed by atoms with E-state index in [-0.39, 0.29) is 12.8 Å². The van der Waals surface area contributed by atoms with Crippen LogP contribution in [0.15, 0.2) is 41.1 Å². The Kier molecular flexibility index (Phi) is 3.75. The van der Waals surface area contributed by atoms with E-state index in [0.29, 0.717) is 17.7 Å². The molecule has 0 bridgehead atoms. The molecule has 4 heteroatoms. The number of halogens is 2. The second kappa shape index (κ2) is 5.29. The highest BCUT2D eigenvalue weighted by Gasteiger charge is 2.30. The fourth-order valence-electron chi connectivity index (χ4n) is 1.82. The van der Waals surface area contributed by atoms with Crippen LogP contribution in [0.1, 0.15) is 23.2 Å². The van der Waals surface area contributed by atoms with Crippen molar-refractivity contribution in [2.24, 2.45) is 0 Å². The van der Waals surface area contributed by atoms with Crippen molar-refractivity contribution in [2.45, 2.75) is 32.1 Å². The van der Waals surface area contributed by atoms with Crippen LogP contribution in [0.2, 0.25) is 0 Å². The van der Waals surface area contributed by atoms with Gasteiger partial charge in [0.15, 0.2) is 0 Å². The maximum atomic E-state index is 13.8. The Hall–Kier alpha value is -1.71. The Balaban J connectivity index is 1.93. The average Bonchev–Trinajstić information content (AvgIpc) is 2.73. The molecular formula is C14H15F2NO. The lowest BCUT2D eigenvalue weighted by Gasteiger charge is -2.15. The van der Waals surface area contributed by atoms with Crippen LogP contribution in [-0.2, 0) is 12.8 Å². The molecule has 0 aliphatic carbocycles. The lowest BCUT2D eigenvalue weighted by molar-refractivity contribution is -0.00702. The SMILES string of the molecule is Cc1nocc1CC(F)(F)CCc1ccccc1. The monoisotopic (exact) mass is 251 g/mol. The summed E-state index contributed by atoms with van der Waals surface area (Å²) in [6.07, 6.45) is 1.20. The van der Waals surface area contributed by atoms with Gasteiger partial charge in [-0.05, 0) is 18.9 Å². The standard InChI is InChI=1S/C14H15F2NO/c1-11-13(10-18-17-11)9-14(15,16)8-7-12-5-3-2-4-6-12/h2-6,10H,7-9H2,1H3. The molecular weight excluding hydrogens is 236 g/mol. The minimum Gasteiger partial charge on any atom is -0.364 e. The molecule has 96 valence electrons. The number of hydrogen-bond donors (Lipinski definition) is 0. The van der Waals surface area contributed by atoms with Crippen LogP contribution >= 0.6 is 0 Å². The molecule has 2 rings (SSSR count). The molecule has 0 fully saturated rings. The molecule has 2 aromatic rings. The van der Waals surface area contributed by atoms with Crippen LogP contribution in [0.5, 0.6) is 0 Å². The van der Waals surface area contributed by atoms with Crippen LogP contribution in [0.4, 0.5) is 8.78 Å². The van der Waals surface area contributed by atoms with Crippen molar-refractivity contribution in [1.29, 1.82) is 0 Å². The molecule has 1 heterocycles. The second-order valence-electron chi connectivity index (χ2n) is 4.44. The summed E-state index contributed by atoms with van der Waals surface area (Å²) in [5.41, 5.74) is 1.95. The highest BCUT2D eigenvalue weighted by molar-refractivity contribution is 5.17. The molecule has 2 nitrogen and oxygen atoms in total. The van der Waals surface area contributed by atoms with E-state index in [1.165, 1.54) is 6.26 Å². The average molecular weight is 251 g/mol. The lowest BCUT2D eigenvalue weighted by atomic mass is 10.0. The van der Waals surface area contributed by atoms with Gasteiger partial charge in [-0.15, -0.1) is 0 Å². The maximum Gasteiger partial charge on any atom is 0.252 e. The van der Waals surface area contributed by atoms with Crippen LogP contribution in [0.25, 0.3) is 0 Å². The fourth-order valence-corrected chi connectivity index (χ4v) is 1.82. The van der Waals surface area contributed by atoms with E-state index in [9.17, 15) is 8.78 Å². The third kappa shape index (κ3) is 3.39. The van der Waals surface area contributed by atoms with Gasteiger partial charge >= 0.3 is 0 Å². The van der Waals surface area contributed by atoms with Crippen LogP contribution in [0, 0.1) is 6.92 Å². The molecule has 0 N–H and O–H groups in total. The molecule has 0 saturated carbocycles. The maximum absolute atomic E-state index is 13.8. The normalized spacial score (nSPS) is 11.7. The molecule has 0 unspecified atom stereocenters. The first kappa shape index (κ1) is 12.7. The smallest absolute Gasteiger partial charge is 0.252 e. The van der Waals surface area contributed by atoms with Gasteiger partial charge < -0.3 is 4.52 Å². The van der Waals surface area contributed by atoms with Crippen molar-refractivity contribution in [2.75, 3.05) is 0 Å². The minimum absolute atomic E-state index is 0.165. The van der Waals surface area contributed by atoms with Gasteiger partial charge in [-0.1, -0.05) is 35.5 Å². The molecule has 0 aliphatic rings. The van der Waals surface area contributed by atoms with E-state index in [1.807, 2.05) is 30.3 Å². The summed E-state index contributed by atoms with van der Waals surface area (Å²) in [6, 6.07) is 9.32. The van der Waals surface area contributed by atoms with Gasteiger partial charge in [-0.2, -0.15) is 0 Å². The van der Waals surface area contributed by atoms with Crippen molar-refractivity contribution < 1.29 is 13.3 Å². The molecule has 18 heavy (non-hydrogen) atoms. The predicted octanol–water partition coefficient (Wildman–Crippen LogP) is 3.79. The lowest BCUT2D eigenvalue weighted by Crippen LogP contribution is -2.20. The zero-order valence-electron chi connectivity index (χ0n) is 10.2. The summed E-state index contributed by atoms with van der Waals surface area (Å²) < 4.78 is 32.2. The van der Waals surface area contributed by atoms with Crippen LogP contribution < -0.4 is 0 Å². The molecule has 0 spiro atoms. The fraction of sp³-hybridized carbons (Fsp3) is 0.357. The first-order valence-corrected chi connectivity index (χ1v) is 5.88. The number of aromatic nitrogens is 1. The number of aryl methyl sites for hydroxylation is 2. The van der Waals surface area contributed by atoms with Gasteiger partial charge in [0.1, 0.15) is 6.26 Å². The highest BCUT2D eigenvalue weighted by atomic mass is 19.3. The summed E-state index contributed by atoms with van der Waals surface area (Å²) >= 11 is 0. The van der Waals surface area contributed by atoms with Gasteiger partial charge in [0, 0.05) is 18.4 Å². The first-order chi connectivity index (χ1) is 8.57. The van der Waals surface area contributed by atoms with E-state index in [0.717, 1.165) is 5.56 Å².